The van der Waals surface area contributed by atoms with Gasteiger partial charge in [0.15, 0.2) is 0 Å². The zero-order chi connectivity index (χ0) is 15.4. The average molecular weight is 291 g/mol. The van der Waals surface area contributed by atoms with Gasteiger partial charge in [-0.15, -0.1) is 0 Å². The third-order valence-electron chi connectivity index (χ3n) is 3.02. The molecule has 6 nitrogen and oxygen atoms in total. The van der Waals surface area contributed by atoms with E-state index in [2.05, 4.69) is 10.3 Å². The number of carboxylic acid groups (broad SMARTS) is 1. The lowest BCUT2D eigenvalue weighted by Crippen LogP contribution is -2.31. The average Bonchev–Trinajstić information content (AvgIpc) is 2.43. The highest BCUT2D eigenvalue weighted by atomic mass is 19.1. The van der Waals surface area contributed by atoms with Gasteiger partial charge in [-0.1, -0.05) is 6.07 Å². The molecule has 4 N–H and O–H groups in total. The first-order valence-corrected chi connectivity index (χ1v) is 6.29. The monoisotopic (exact) mass is 291 g/mol. The number of benzene rings is 1. The molecule has 0 saturated heterocycles. The summed E-state index contributed by atoms with van der Waals surface area (Å²) in [6.07, 6.45) is 1.46. The number of nitrogens with zero attached hydrogens (tertiary/aromatic N) is 1. The molecule has 21 heavy (non-hydrogen) atoms. The number of aliphatic carboxylic acids is 1. The summed E-state index contributed by atoms with van der Waals surface area (Å²) in [4.78, 5) is 26.0. The van der Waals surface area contributed by atoms with Crippen molar-refractivity contribution in [3.8, 4) is 0 Å². The first-order chi connectivity index (χ1) is 9.97. The van der Waals surface area contributed by atoms with E-state index in [0.29, 0.717) is 5.39 Å². The van der Waals surface area contributed by atoms with Crippen LogP contribution in [0.4, 0.5) is 10.2 Å². The molecule has 1 amide bonds. The number of nitrogens with two attached hydrogens (primary N) is 1. The van der Waals surface area contributed by atoms with E-state index in [4.69, 9.17) is 10.8 Å². The Morgan fingerprint density at radius 3 is 2.81 bits per heavy atom. The number of carboxylic acids is 1. The van der Waals surface area contributed by atoms with E-state index < -0.39 is 23.7 Å². The number of aromatic nitrogens is 1. The fourth-order valence-corrected chi connectivity index (χ4v) is 1.96. The van der Waals surface area contributed by atoms with Crippen molar-refractivity contribution in [2.45, 2.75) is 18.9 Å². The van der Waals surface area contributed by atoms with Crippen LogP contribution in [0.15, 0.2) is 30.5 Å². The second kappa shape index (κ2) is 6.17. The van der Waals surface area contributed by atoms with Crippen LogP contribution in [0, 0.1) is 5.82 Å². The van der Waals surface area contributed by atoms with Crippen LogP contribution in [-0.2, 0) is 9.59 Å². The number of pyridine rings is 1. The quantitative estimate of drug-likeness (QED) is 0.748. The molecular weight excluding hydrogens is 277 g/mol. The molecular formula is C14H14FN3O3. The summed E-state index contributed by atoms with van der Waals surface area (Å²) in [5, 5.41) is 13.1. The molecule has 0 saturated carbocycles. The summed E-state index contributed by atoms with van der Waals surface area (Å²) in [7, 11) is 0. The van der Waals surface area contributed by atoms with Gasteiger partial charge in [0.05, 0.1) is 0 Å². The van der Waals surface area contributed by atoms with Crippen molar-refractivity contribution in [2.24, 2.45) is 5.73 Å². The van der Waals surface area contributed by atoms with Crippen molar-refractivity contribution < 1.29 is 19.1 Å². The second-order valence-corrected chi connectivity index (χ2v) is 4.57. The van der Waals surface area contributed by atoms with Crippen LogP contribution in [0.1, 0.15) is 12.8 Å². The van der Waals surface area contributed by atoms with Gasteiger partial charge in [0.1, 0.15) is 17.7 Å². The minimum absolute atomic E-state index is 0.0258. The summed E-state index contributed by atoms with van der Waals surface area (Å²) in [5.74, 6) is -1.90. The Labute approximate surface area is 119 Å². The molecule has 1 atom stereocenters. The fourth-order valence-electron chi connectivity index (χ4n) is 1.96. The number of carbonyl (C=O) groups is 2. The van der Waals surface area contributed by atoms with Crippen LogP contribution in [0.25, 0.3) is 10.8 Å². The van der Waals surface area contributed by atoms with Crippen LogP contribution in [-0.4, -0.2) is 28.0 Å². The molecule has 110 valence electrons. The Morgan fingerprint density at radius 2 is 2.14 bits per heavy atom. The van der Waals surface area contributed by atoms with Gasteiger partial charge in [-0.05, 0) is 30.0 Å². The third kappa shape index (κ3) is 3.65. The lowest BCUT2D eigenvalue weighted by molar-refractivity contribution is -0.138. The van der Waals surface area contributed by atoms with E-state index in [9.17, 15) is 14.0 Å². The predicted molar refractivity (Wildman–Crippen MR) is 75.2 cm³/mol. The molecule has 1 unspecified atom stereocenters. The Hall–Kier alpha value is -2.70. The van der Waals surface area contributed by atoms with Gasteiger partial charge in [-0.3, -0.25) is 4.79 Å². The maximum absolute atomic E-state index is 13.3. The van der Waals surface area contributed by atoms with Crippen molar-refractivity contribution in [1.29, 1.82) is 0 Å². The molecule has 0 aliphatic heterocycles. The Morgan fingerprint density at radius 1 is 1.38 bits per heavy atom. The number of anilines is 1. The van der Waals surface area contributed by atoms with Crippen LogP contribution in [0.3, 0.4) is 0 Å². The van der Waals surface area contributed by atoms with Crippen molar-refractivity contribution in [3.63, 3.8) is 0 Å². The van der Waals surface area contributed by atoms with Gasteiger partial charge in [0.2, 0.25) is 5.91 Å². The number of primary amides is 1. The maximum atomic E-state index is 13.3. The normalized spacial score (nSPS) is 12.0. The first kappa shape index (κ1) is 14.7. The van der Waals surface area contributed by atoms with Crippen molar-refractivity contribution in [2.75, 3.05) is 5.32 Å². The SMILES string of the molecule is NC(=O)CCC(Nc1nccc2ccc(F)cc12)C(=O)O. The molecule has 1 heterocycles. The minimum atomic E-state index is -1.13. The van der Waals surface area contributed by atoms with E-state index in [1.807, 2.05) is 0 Å². The molecule has 0 spiro atoms. The number of hydrogen-bond acceptors (Lipinski definition) is 4. The number of hydrogen-bond donors (Lipinski definition) is 3. The molecule has 0 radical (unpaired) electrons. The standard InChI is InChI=1S/C14H14FN3O3/c15-9-2-1-8-5-6-17-13(10(8)7-9)18-11(14(20)21)3-4-12(16)19/h1-2,5-7,11H,3-4H2,(H2,16,19)(H,17,18)(H,20,21). The smallest absolute Gasteiger partial charge is 0.326 e. The molecule has 0 bridgehead atoms. The van der Waals surface area contributed by atoms with E-state index in [1.165, 1.54) is 18.3 Å². The summed E-state index contributed by atoms with van der Waals surface area (Å²) in [6.45, 7) is 0. The summed E-state index contributed by atoms with van der Waals surface area (Å²) in [5.41, 5.74) is 5.02. The maximum Gasteiger partial charge on any atom is 0.326 e. The molecule has 0 fully saturated rings. The lowest BCUT2D eigenvalue weighted by atomic mass is 10.1. The van der Waals surface area contributed by atoms with Gasteiger partial charge in [-0.25, -0.2) is 14.2 Å². The molecule has 7 heteroatoms. The molecule has 1 aromatic carbocycles. The summed E-state index contributed by atoms with van der Waals surface area (Å²) < 4.78 is 13.3. The van der Waals surface area contributed by atoms with Gasteiger partial charge in [0, 0.05) is 18.0 Å². The molecule has 2 aromatic rings. The van der Waals surface area contributed by atoms with E-state index in [-0.39, 0.29) is 18.7 Å². The van der Waals surface area contributed by atoms with Gasteiger partial charge >= 0.3 is 5.97 Å². The Kier molecular flexibility index (Phi) is 4.32. The van der Waals surface area contributed by atoms with E-state index in [1.54, 1.807) is 12.1 Å². The van der Waals surface area contributed by atoms with Crippen LogP contribution in [0.5, 0.6) is 0 Å². The highest BCUT2D eigenvalue weighted by Crippen LogP contribution is 2.23. The topological polar surface area (TPSA) is 105 Å². The Balaban J connectivity index is 2.30. The van der Waals surface area contributed by atoms with E-state index >= 15 is 0 Å². The number of rotatable bonds is 6. The Bertz CT molecular complexity index is 690. The molecule has 0 aliphatic carbocycles. The highest BCUT2D eigenvalue weighted by Gasteiger charge is 2.19. The van der Waals surface area contributed by atoms with E-state index in [0.717, 1.165) is 5.39 Å². The van der Waals surface area contributed by atoms with Gasteiger partial charge in [0.25, 0.3) is 0 Å². The summed E-state index contributed by atoms with van der Waals surface area (Å²) in [6, 6.07) is 4.83. The zero-order valence-corrected chi connectivity index (χ0v) is 11.0. The summed E-state index contributed by atoms with van der Waals surface area (Å²) >= 11 is 0. The first-order valence-electron chi connectivity index (χ1n) is 6.29. The molecule has 1 aromatic heterocycles. The van der Waals surface area contributed by atoms with Gasteiger partial charge < -0.3 is 16.2 Å². The minimum Gasteiger partial charge on any atom is -0.480 e. The number of fused-ring (bicyclic) bond motifs is 1. The largest absolute Gasteiger partial charge is 0.480 e. The van der Waals surface area contributed by atoms with Crippen molar-refractivity contribution in [3.05, 3.63) is 36.3 Å². The van der Waals surface area contributed by atoms with Crippen molar-refractivity contribution in [1.82, 2.24) is 4.98 Å². The fraction of sp³-hybridized carbons (Fsp3) is 0.214. The number of amides is 1. The molecule has 2 rings (SSSR count). The zero-order valence-electron chi connectivity index (χ0n) is 11.0. The van der Waals surface area contributed by atoms with Gasteiger partial charge in [-0.2, -0.15) is 0 Å². The number of carbonyl (C=O) groups excluding carboxylic acids is 1. The lowest BCUT2D eigenvalue weighted by Gasteiger charge is -2.15. The van der Waals surface area contributed by atoms with Crippen molar-refractivity contribution >= 4 is 28.5 Å². The number of halogens is 1. The number of nitrogens with one attached hydrogen (secondary N) is 1. The second-order valence-electron chi connectivity index (χ2n) is 4.57. The van der Waals surface area contributed by atoms with Crippen LogP contribution in [0.2, 0.25) is 0 Å². The molecule has 0 aliphatic rings. The third-order valence-corrected chi connectivity index (χ3v) is 3.02. The highest BCUT2D eigenvalue weighted by molar-refractivity contribution is 5.93. The predicted octanol–water partition coefficient (Wildman–Crippen LogP) is 1.50. The van der Waals surface area contributed by atoms with Crippen LogP contribution >= 0.6 is 0 Å². The van der Waals surface area contributed by atoms with Crippen LogP contribution < -0.4 is 11.1 Å².